The van der Waals surface area contributed by atoms with Gasteiger partial charge in [0.25, 0.3) is 0 Å². The number of hydrogen-bond acceptors (Lipinski definition) is 4. The smallest absolute Gasteiger partial charge is 0.321 e. The first-order chi connectivity index (χ1) is 10.1. The first kappa shape index (κ1) is 15.8. The van der Waals surface area contributed by atoms with E-state index in [0.717, 1.165) is 37.5 Å². The van der Waals surface area contributed by atoms with Crippen molar-refractivity contribution in [1.82, 2.24) is 9.80 Å². The van der Waals surface area contributed by atoms with Crippen molar-refractivity contribution in [3.8, 4) is 5.75 Å². The second-order valence-electron chi connectivity index (χ2n) is 5.47. The summed E-state index contributed by atoms with van der Waals surface area (Å²) in [6, 6.07) is 7.27. The third kappa shape index (κ3) is 4.44. The number of carbonyl (C=O) groups is 1. The summed E-state index contributed by atoms with van der Waals surface area (Å²) < 4.78 is 5.41. The highest BCUT2D eigenvalue weighted by atomic mass is 16.5. The van der Waals surface area contributed by atoms with E-state index >= 15 is 0 Å². The number of carboxylic acid groups (broad SMARTS) is 1. The van der Waals surface area contributed by atoms with Crippen LogP contribution in [0.5, 0.6) is 5.75 Å². The molecule has 1 heterocycles. The van der Waals surface area contributed by atoms with Gasteiger partial charge in [0, 0.05) is 26.2 Å². The Balaban J connectivity index is 2.00. The van der Waals surface area contributed by atoms with E-state index < -0.39 is 12.0 Å². The molecule has 1 unspecified atom stereocenters. The van der Waals surface area contributed by atoms with Crippen LogP contribution in [0.1, 0.15) is 12.5 Å². The van der Waals surface area contributed by atoms with Crippen LogP contribution in [0.15, 0.2) is 24.3 Å². The SMILES string of the molecule is CCOc1ccc(CC(C(=O)O)N2CCN(C)CC2)cc1. The molecule has 0 aromatic heterocycles. The van der Waals surface area contributed by atoms with Gasteiger partial charge in [-0.1, -0.05) is 12.1 Å². The van der Waals surface area contributed by atoms with Gasteiger partial charge < -0.3 is 14.7 Å². The second kappa shape index (κ2) is 7.43. The third-order valence-electron chi connectivity index (χ3n) is 3.93. The minimum atomic E-state index is -0.742. The zero-order chi connectivity index (χ0) is 15.2. The topological polar surface area (TPSA) is 53.0 Å². The molecule has 1 aliphatic rings. The Bertz CT molecular complexity index is 453. The van der Waals surface area contributed by atoms with Crippen molar-refractivity contribution < 1.29 is 14.6 Å². The zero-order valence-corrected chi connectivity index (χ0v) is 12.8. The van der Waals surface area contributed by atoms with Gasteiger partial charge in [-0.2, -0.15) is 0 Å². The average molecular weight is 292 g/mol. The van der Waals surface area contributed by atoms with Gasteiger partial charge in [0.1, 0.15) is 11.8 Å². The van der Waals surface area contributed by atoms with Gasteiger partial charge in [0.15, 0.2) is 0 Å². The Morgan fingerprint density at radius 2 is 1.86 bits per heavy atom. The monoisotopic (exact) mass is 292 g/mol. The minimum Gasteiger partial charge on any atom is -0.494 e. The molecule has 0 radical (unpaired) electrons. The normalized spacial score (nSPS) is 18.4. The van der Waals surface area contributed by atoms with E-state index in [1.54, 1.807) is 0 Å². The lowest BCUT2D eigenvalue weighted by Crippen LogP contribution is -2.52. The Morgan fingerprint density at radius 3 is 2.38 bits per heavy atom. The van der Waals surface area contributed by atoms with Crippen LogP contribution in [0.2, 0.25) is 0 Å². The number of benzene rings is 1. The molecule has 1 aliphatic heterocycles. The first-order valence-corrected chi connectivity index (χ1v) is 7.47. The van der Waals surface area contributed by atoms with Crippen LogP contribution >= 0.6 is 0 Å². The van der Waals surface area contributed by atoms with Crippen LogP contribution in [0.25, 0.3) is 0 Å². The van der Waals surface area contributed by atoms with Gasteiger partial charge in [0.05, 0.1) is 6.61 Å². The summed E-state index contributed by atoms with van der Waals surface area (Å²) in [7, 11) is 2.07. The Kier molecular flexibility index (Phi) is 5.59. The molecule has 5 heteroatoms. The number of piperazine rings is 1. The molecule has 1 N–H and O–H groups in total. The maximum absolute atomic E-state index is 11.6. The Hall–Kier alpha value is -1.59. The lowest BCUT2D eigenvalue weighted by atomic mass is 10.0. The molecule has 116 valence electrons. The summed E-state index contributed by atoms with van der Waals surface area (Å²) in [4.78, 5) is 15.9. The van der Waals surface area contributed by atoms with Crippen molar-refractivity contribution in [2.24, 2.45) is 0 Å². The van der Waals surface area contributed by atoms with Crippen LogP contribution in [0.4, 0.5) is 0 Å². The van der Waals surface area contributed by atoms with E-state index in [1.807, 2.05) is 31.2 Å². The molecule has 1 fully saturated rings. The van der Waals surface area contributed by atoms with Crippen LogP contribution in [0, 0.1) is 0 Å². The van der Waals surface area contributed by atoms with Crippen LogP contribution in [0.3, 0.4) is 0 Å². The number of ether oxygens (including phenoxy) is 1. The lowest BCUT2D eigenvalue weighted by molar-refractivity contribution is -0.144. The van der Waals surface area contributed by atoms with E-state index in [4.69, 9.17) is 4.74 Å². The standard InChI is InChI=1S/C16H24N2O3/c1-3-21-14-6-4-13(5-7-14)12-15(16(19)20)18-10-8-17(2)9-11-18/h4-7,15H,3,8-12H2,1-2H3,(H,19,20). The summed E-state index contributed by atoms with van der Waals surface area (Å²) >= 11 is 0. The number of likely N-dealkylation sites (N-methyl/N-ethyl adjacent to an activating group) is 1. The average Bonchev–Trinajstić information content (AvgIpc) is 2.47. The van der Waals surface area contributed by atoms with E-state index in [1.165, 1.54) is 0 Å². The van der Waals surface area contributed by atoms with Gasteiger partial charge in [-0.3, -0.25) is 9.69 Å². The summed E-state index contributed by atoms with van der Waals surface area (Å²) in [5, 5.41) is 9.51. The highest BCUT2D eigenvalue weighted by molar-refractivity contribution is 5.74. The highest BCUT2D eigenvalue weighted by Crippen LogP contribution is 2.16. The van der Waals surface area contributed by atoms with Gasteiger partial charge in [0.2, 0.25) is 0 Å². The second-order valence-corrected chi connectivity index (χ2v) is 5.47. The molecule has 0 amide bonds. The number of nitrogens with zero attached hydrogens (tertiary/aromatic N) is 2. The van der Waals surface area contributed by atoms with Crippen LogP contribution in [-0.2, 0) is 11.2 Å². The summed E-state index contributed by atoms with van der Waals surface area (Å²) in [6.07, 6.45) is 0.533. The van der Waals surface area contributed by atoms with Crippen molar-refractivity contribution in [3.05, 3.63) is 29.8 Å². The molecule has 0 bridgehead atoms. The molecule has 1 aromatic carbocycles. The minimum absolute atomic E-state index is 0.448. The number of rotatable bonds is 6. The van der Waals surface area contributed by atoms with Crippen molar-refractivity contribution in [1.29, 1.82) is 0 Å². The molecule has 5 nitrogen and oxygen atoms in total. The predicted molar refractivity (Wildman–Crippen MR) is 81.8 cm³/mol. The van der Waals surface area contributed by atoms with Crippen LogP contribution in [-0.4, -0.2) is 66.8 Å². The van der Waals surface area contributed by atoms with Crippen molar-refractivity contribution in [3.63, 3.8) is 0 Å². The summed E-state index contributed by atoms with van der Waals surface area (Å²) in [5.41, 5.74) is 1.03. The summed E-state index contributed by atoms with van der Waals surface area (Å²) in [5.74, 6) is 0.0844. The van der Waals surface area contributed by atoms with Crippen molar-refractivity contribution in [2.75, 3.05) is 39.8 Å². The number of aliphatic carboxylic acids is 1. The highest BCUT2D eigenvalue weighted by Gasteiger charge is 2.28. The van der Waals surface area contributed by atoms with Gasteiger partial charge in [-0.25, -0.2) is 0 Å². The van der Waals surface area contributed by atoms with Gasteiger partial charge in [-0.15, -0.1) is 0 Å². The molecular weight excluding hydrogens is 268 g/mol. The fourth-order valence-corrected chi connectivity index (χ4v) is 2.62. The molecular formula is C16H24N2O3. The van der Waals surface area contributed by atoms with Gasteiger partial charge in [-0.05, 0) is 38.1 Å². The third-order valence-corrected chi connectivity index (χ3v) is 3.93. The molecule has 0 spiro atoms. The fourth-order valence-electron chi connectivity index (χ4n) is 2.62. The Morgan fingerprint density at radius 1 is 1.24 bits per heavy atom. The maximum Gasteiger partial charge on any atom is 0.321 e. The zero-order valence-electron chi connectivity index (χ0n) is 12.8. The molecule has 0 saturated carbocycles. The predicted octanol–water partition coefficient (Wildman–Crippen LogP) is 1.33. The largest absolute Gasteiger partial charge is 0.494 e. The van der Waals surface area contributed by atoms with Crippen molar-refractivity contribution >= 4 is 5.97 Å². The van der Waals surface area contributed by atoms with Crippen molar-refractivity contribution in [2.45, 2.75) is 19.4 Å². The summed E-state index contributed by atoms with van der Waals surface area (Å²) in [6.45, 7) is 6.05. The van der Waals surface area contributed by atoms with Gasteiger partial charge >= 0.3 is 5.97 Å². The first-order valence-electron chi connectivity index (χ1n) is 7.47. The fraction of sp³-hybridized carbons (Fsp3) is 0.562. The quantitative estimate of drug-likeness (QED) is 0.857. The molecule has 1 saturated heterocycles. The van der Waals surface area contributed by atoms with E-state index in [2.05, 4.69) is 16.8 Å². The molecule has 2 rings (SSSR count). The molecule has 0 aliphatic carbocycles. The number of hydrogen-bond donors (Lipinski definition) is 1. The van der Waals surface area contributed by atoms with E-state index in [-0.39, 0.29) is 0 Å². The van der Waals surface area contributed by atoms with Crippen LogP contribution < -0.4 is 4.74 Å². The van der Waals surface area contributed by atoms with E-state index in [9.17, 15) is 9.90 Å². The molecule has 1 aromatic rings. The maximum atomic E-state index is 11.6. The Labute approximate surface area is 126 Å². The van der Waals surface area contributed by atoms with E-state index in [0.29, 0.717) is 13.0 Å². The molecule has 1 atom stereocenters. The molecule has 21 heavy (non-hydrogen) atoms. The number of carboxylic acids is 1. The lowest BCUT2D eigenvalue weighted by Gasteiger charge is -2.36.